The van der Waals surface area contributed by atoms with Gasteiger partial charge in [-0.15, -0.1) is 0 Å². The lowest BCUT2D eigenvalue weighted by Gasteiger charge is -2.48. The minimum Gasteiger partial charge on any atom is -0.349 e. The Morgan fingerprint density at radius 2 is 1.68 bits per heavy atom. The van der Waals surface area contributed by atoms with Crippen molar-refractivity contribution in [1.29, 1.82) is 0 Å². The molecule has 0 saturated carbocycles. The molecule has 2 heterocycles. The third-order valence-corrected chi connectivity index (χ3v) is 5.85. The summed E-state index contributed by atoms with van der Waals surface area (Å²) in [6.45, 7) is 1.99. The van der Waals surface area contributed by atoms with Gasteiger partial charge in [0.15, 0.2) is 0 Å². The highest BCUT2D eigenvalue weighted by atomic mass is 16.2. The fourth-order valence-corrected chi connectivity index (χ4v) is 4.60. The van der Waals surface area contributed by atoms with Crippen LogP contribution in [-0.4, -0.2) is 35.0 Å². The lowest BCUT2D eigenvalue weighted by molar-refractivity contribution is 0.0577. The Hall–Kier alpha value is -2.82. The maximum atomic E-state index is 12.9. The Morgan fingerprint density at radius 3 is 2.36 bits per heavy atom. The quantitative estimate of drug-likeness (QED) is 0.836. The molecule has 2 aliphatic rings. The summed E-state index contributed by atoms with van der Waals surface area (Å²) in [4.78, 5) is 27.6. The number of carbonyl (C=O) groups is 2. The van der Waals surface area contributed by atoms with Crippen LogP contribution in [0.15, 0.2) is 54.6 Å². The third kappa shape index (κ3) is 4.03. The van der Waals surface area contributed by atoms with Crippen molar-refractivity contribution in [3.8, 4) is 0 Å². The second-order valence-corrected chi connectivity index (χ2v) is 7.95. The number of para-hydroxylation sites is 1. The van der Waals surface area contributed by atoms with Crippen LogP contribution >= 0.6 is 0 Å². The van der Waals surface area contributed by atoms with E-state index in [1.807, 2.05) is 66.4 Å². The van der Waals surface area contributed by atoms with Crippen molar-refractivity contribution in [3.05, 3.63) is 65.7 Å². The third-order valence-electron chi connectivity index (χ3n) is 5.85. The number of fused-ring (bicyclic) bond motifs is 2. The lowest BCUT2D eigenvalue weighted by atomic mass is 9.82. The normalized spacial score (nSPS) is 23.8. The average Bonchev–Trinajstić information content (AvgIpc) is 2.68. The monoisotopic (exact) mass is 377 g/mol. The largest absolute Gasteiger partial charge is 0.349 e. The number of amides is 3. The summed E-state index contributed by atoms with van der Waals surface area (Å²) in [5, 5.41) is 6.23. The van der Waals surface area contributed by atoms with Gasteiger partial charge in [0.1, 0.15) is 0 Å². The van der Waals surface area contributed by atoms with Crippen molar-refractivity contribution < 1.29 is 9.59 Å². The molecule has 0 aliphatic carbocycles. The van der Waals surface area contributed by atoms with Gasteiger partial charge < -0.3 is 15.5 Å². The number of piperidine rings is 2. The van der Waals surface area contributed by atoms with Crippen LogP contribution in [0.5, 0.6) is 0 Å². The highest BCUT2D eigenvalue weighted by molar-refractivity contribution is 5.94. The zero-order chi connectivity index (χ0) is 19.5. The van der Waals surface area contributed by atoms with Crippen LogP contribution in [0, 0.1) is 6.92 Å². The summed E-state index contributed by atoms with van der Waals surface area (Å²) in [5.41, 5.74) is 2.60. The molecule has 2 bridgehead atoms. The second-order valence-electron chi connectivity index (χ2n) is 7.95. The van der Waals surface area contributed by atoms with E-state index < -0.39 is 0 Å². The highest BCUT2D eigenvalue weighted by Crippen LogP contribution is 2.34. The standard InChI is InChI=1S/C23H27N3O2/c1-16-7-5-8-17(13-16)22(27)24-19-14-20-11-6-12-21(15-19)26(20)23(28)25-18-9-3-2-4-10-18/h2-5,7-10,13,19-21H,6,11-12,14-15H2,1H3,(H,24,27)(H,25,28)/t20-,21-/m1/s1. The van der Waals surface area contributed by atoms with Crippen LogP contribution in [0.4, 0.5) is 10.5 Å². The van der Waals surface area contributed by atoms with E-state index in [9.17, 15) is 9.59 Å². The van der Waals surface area contributed by atoms with Gasteiger partial charge in [-0.1, -0.05) is 35.9 Å². The van der Waals surface area contributed by atoms with Crippen molar-refractivity contribution in [2.45, 2.75) is 57.2 Å². The molecule has 0 radical (unpaired) electrons. The van der Waals surface area contributed by atoms with E-state index in [1.165, 1.54) is 0 Å². The first-order chi connectivity index (χ1) is 13.6. The van der Waals surface area contributed by atoms with Gasteiger partial charge in [0.25, 0.3) is 5.91 Å². The smallest absolute Gasteiger partial charge is 0.322 e. The summed E-state index contributed by atoms with van der Waals surface area (Å²) < 4.78 is 0. The molecule has 2 fully saturated rings. The van der Waals surface area contributed by atoms with Crippen molar-refractivity contribution in [1.82, 2.24) is 10.2 Å². The number of nitrogens with one attached hydrogen (secondary N) is 2. The van der Waals surface area contributed by atoms with Crippen LogP contribution in [0.25, 0.3) is 0 Å². The molecule has 5 heteroatoms. The zero-order valence-corrected chi connectivity index (χ0v) is 16.2. The number of aryl methyl sites for hydroxylation is 1. The minimum atomic E-state index is -0.0237. The number of benzene rings is 2. The van der Waals surface area contributed by atoms with E-state index in [-0.39, 0.29) is 30.1 Å². The van der Waals surface area contributed by atoms with Crippen LogP contribution in [0.1, 0.15) is 48.0 Å². The van der Waals surface area contributed by atoms with E-state index in [0.717, 1.165) is 43.4 Å². The minimum absolute atomic E-state index is 0.0195. The second kappa shape index (κ2) is 8.05. The van der Waals surface area contributed by atoms with Crippen LogP contribution in [-0.2, 0) is 0 Å². The number of rotatable bonds is 3. The molecule has 2 aliphatic heterocycles. The average molecular weight is 377 g/mol. The molecule has 0 unspecified atom stereocenters. The van der Waals surface area contributed by atoms with Gasteiger partial charge in [0.05, 0.1) is 0 Å². The number of hydrogen-bond acceptors (Lipinski definition) is 2. The van der Waals surface area contributed by atoms with Crippen LogP contribution in [0.2, 0.25) is 0 Å². The number of hydrogen-bond donors (Lipinski definition) is 2. The molecule has 28 heavy (non-hydrogen) atoms. The van der Waals surface area contributed by atoms with Crippen molar-refractivity contribution in [3.63, 3.8) is 0 Å². The van der Waals surface area contributed by atoms with Gasteiger partial charge in [0.2, 0.25) is 0 Å². The van der Waals surface area contributed by atoms with Crippen LogP contribution < -0.4 is 10.6 Å². The van der Waals surface area contributed by atoms with E-state index in [1.54, 1.807) is 0 Å². The van der Waals surface area contributed by atoms with E-state index in [2.05, 4.69) is 10.6 Å². The Kier molecular flexibility index (Phi) is 5.33. The van der Waals surface area contributed by atoms with Gasteiger partial charge in [0, 0.05) is 29.4 Å². The van der Waals surface area contributed by atoms with E-state index in [4.69, 9.17) is 0 Å². The SMILES string of the molecule is Cc1cccc(C(=O)NC2C[C@H]3CCC[C@H](C2)N3C(=O)Nc2ccccc2)c1. The van der Waals surface area contributed by atoms with Gasteiger partial charge in [-0.05, 0) is 63.3 Å². The first kappa shape index (κ1) is 18.5. The molecule has 2 atom stereocenters. The number of urea groups is 1. The summed E-state index contributed by atoms with van der Waals surface area (Å²) in [5.74, 6) is -0.0195. The number of carbonyl (C=O) groups excluding carboxylic acids is 2. The molecular formula is C23H27N3O2. The molecular weight excluding hydrogens is 350 g/mol. The van der Waals surface area contributed by atoms with Crippen molar-refractivity contribution >= 4 is 17.6 Å². The van der Waals surface area contributed by atoms with Gasteiger partial charge in [-0.2, -0.15) is 0 Å². The molecule has 2 N–H and O–H groups in total. The van der Waals surface area contributed by atoms with Crippen LogP contribution in [0.3, 0.4) is 0 Å². The Morgan fingerprint density at radius 1 is 0.964 bits per heavy atom. The van der Waals surface area contributed by atoms with Crippen molar-refractivity contribution in [2.75, 3.05) is 5.32 Å². The number of nitrogens with zero attached hydrogens (tertiary/aromatic N) is 1. The Balaban J connectivity index is 1.42. The predicted octanol–water partition coefficient (Wildman–Crippen LogP) is 4.34. The summed E-state index contributed by atoms with van der Waals surface area (Å²) >= 11 is 0. The molecule has 146 valence electrons. The molecule has 5 nitrogen and oxygen atoms in total. The topological polar surface area (TPSA) is 61.4 Å². The first-order valence-corrected chi connectivity index (χ1v) is 10.1. The molecule has 0 spiro atoms. The number of anilines is 1. The van der Waals surface area contributed by atoms with Gasteiger partial charge >= 0.3 is 6.03 Å². The lowest BCUT2D eigenvalue weighted by Crippen LogP contribution is -2.59. The molecule has 2 aromatic rings. The van der Waals surface area contributed by atoms with Gasteiger partial charge in [-0.25, -0.2) is 4.79 Å². The zero-order valence-electron chi connectivity index (χ0n) is 16.2. The molecule has 4 rings (SSSR count). The predicted molar refractivity (Wildman–Crippen MR) is 110 cm³/mol. The molecule has 3 amide bonds. The summed E-state index contributed by atoms with van der Waals surface area (Å²) in [6.07, 6.45) is 4.76. The fourth-order valence-electron chi connectivity index (χ4n) is 4.60. The fraction of sp³-hybridized carbons (Fsp3) is 0.391. The summed E-state index contributed by atoms with van der Waals surface area (Å²) in [7, 11) is 0. The van der Waals surface area contributed by atoms with Gasteiger partial charge in [-0.3, -0.25) is 4.79 Å². The molecule has 2 saturated heterocycles. The summed E-state index contributed by atoms with van der Waals surface area (Å²) in [6, 6.07) is 17.7. The van der Waals surface area contributed by atoms with Crippen molar-refractivity contribution in [2.24, 2.45) is 0 Å². The maximum Gasteiger partial charge on any atom is 0.322 e. The Labute approximate surface area is 166 Å². The molecule has 2 aromatic carbocycles. The van der Waals surface area contributed by atoms with E-state index in [0.29, 0.717) is 5.56 Å². The maximum absolute atomic E-state index is 12.9. The first-order valence-electron chi connectivity index (χ1n) is 10.1. The Bertz CT molecular complexity index is 838. The molecule has 0 aromatic heterocycles. The highest BCUT2D eigenvalue weighted by Gasteiger charge is 2.41. The van der Waals surface area contributed by atoms with E-state index >= 15 is 0 Å².